The van der Waals surface area contributed by atoms with Crippen LogP contribution in [0.2, 0.25) is 0 Å². The average molecular weight is 253 g/mol. The fraction of sp³-hybridized carbons (Fsp3) is 0.700. The van der Waals surface area contributed by atoms with E-state index in [1.54, 1.807) is 13.8 Å². The van der Waals surface area contributed by atoms with E-state index in [1.165, 1.54) is 0 Å². The molecule has 0 spiro atoms. The van der Waals surface area contributed by atoms with E-state index in [0.717, 1.165) is 12.0 Å². The second kappa shape index (κ2) is 7.27. The number of hydrogen-bond acceptors (Lipinski definition) is 3. The Hall–Kier alpha value is -0.0400. The highest BCUT2D eigenvalue weighted by atomic mass is 35.5. The molecule has 0 fully saturated rings. The summed E-state index contributed by atoms with van der Waals surface area (Å²) < 4.78 is 22.2. The van der Waals surface area contributed by atoms with E-state index >= 15 is 0 Å². The van der Waals surface area contributed by atoms with Crippen molar-refractivity contribution in [2.75, 3.05) is 13.2 Å². The molecule has 5 heteroatoms. The van der Waals surface area contributed by atoms with Gasteiger partial charge in [-0.25, -0.2) is 0 Å². The van der Waals surface area contributed by atoms with Gasteiger partial charge in [-0.2, -0.15) is 0 Å². The molecule has 0 saturated heterocycles. The smallest absolute Gasteiger partial charge is 0.304 e. The van der Waals surface area contributed by atoms with Crippen LogP contribution in [0.15, 0.2) is 16.1 Å². The molecule has 0 bridgehead atoms. The van der Waals surface area contributed by atoms with Gasteiger partial charge in [-0.15, -0.1) is 0 Å². The predicted molar refractivity (Wildman–Crippen MR) is 63.2 cm³/mol. The van der Waals surface area contributed by atoms with Gasteiger partial charge in [0.1, 0.15) is 0 Å². The molecule has 0 N–H and O–H groups in total. The van der Waals surface area contributed by atoms with Crippen molar-refractivity contribution < 1.29 is 13.6 Å². The summed E-state index contributed by atoms with van der Waals surface area (Å²) >= 11 is 5.89. The van der Waals surface area contributed by atoms with Gasteiger partial charge in [-0.1, -0.05) is 24.3 Å². The van der Waals surface area contributed by atoms with E-state index in [1.807, 2.05) is 13.8 Å². The summed E-state index contributed by atoms with van der Waals surface area (Å²) in [5.41, 5.74) is 3.74. The topological polar surface area (TPSA) is 35.5 Å². The molecule has 15 heavy (non-hydrogen) atoms. The Morgan fingerprint density at radius 1 is 1.27 bits per heavy atom. The highest BCUT2D eigenvalue weighted by Gasteiger charge is 2.28. The van der Waals surface area contributed by atoms with E-state index in [2.05, 4.69) is 5.73 Å². The Balaban J connectivity index is 5.10. The van der Waals surface area contributed by atoms with Crippen LogP contribution in [0.5, 0.6) is 0 Å². The number of hydrogen-bond donors (Lipinski definition) is 0. The van der Waals surface area contributed by atoms with Crippen LogP contribution in [0.25, 0.3) is 0 Å². The van der Waals surface area contributed by atoms with E-state index in [9.17, 15) is 4.57 Å². The zero-order chi connectivity index (χ0) is 11.9. The monoisotopic (exact) mass is 252 g/mol. The third-order valence-corrected chi connectivity index (χ3v) is 4.19. The Labute approximate surface area is 96.6 Å². The molecule has 0 heterocycles. The summed E-state index contributed by atoms with van der Waals surface area (Å²) in [4.78, 5) is 0. The van der Waals surface area contributed by atoms with Gasteiger partial charge in [-0.05, 0) is 32.8 Å². The molecule has 88 valence electrons. The van der Waals surface area contributed by atoms with Crippen molar-refractivity contribution in [2.24, 2.45) is 0 Å². The molecule has 0 atom stereocenters. The van der Waals surface area contributed by atoms with Crippen molar-refractivity contribution in [3.63, 3.8) is 0 Å². The van der Waals surface area contributed by atoms with Crippen molar-refractivity contribution >= 4 is 19.2 Å². The normalized spacial score (nSPS) is 11.0. The molecule has 0 aromatic heterocycles. The summed E-state index contributed by atoms with van der Waals surface area (Å²) in [6, 6.07) is 0. The van der Waals surface area contributed by atoms with Crippen LogP contribution in [-0.4, -0.2) is 13.2 Å². The fourth-order valence-electron chi connectivity index (χ4n) is 0.823. The molecule has 3 nitrogen and oxygen atoms in total. The van der Waals surface area contributed by atoms with Gasteiger partial charge in [0.05, 0.1) is 13.2 Å². The van der Waals surface area contributed by atoms with Gasteiger partial charge in [0.2, 0.25) is 0 Å². The molecule has 0 aromatic rings. The third kappa shape index (κ3) is 5.01. The molecular weight excluding hydrogens is 235 g/mol. The first-order chi connectivity index (χ1) is 7.00. The summed E-state index contributed by atoms with van der Waals surface area (Å²) in [5, 5.41) is 0. The molecular formula is C10H18ClO3P. The molecule has 0 aliphatic rings. The van der Waals surface area contributed by atoms with Crippen molar-refractivity contribution in [1.82, 2.24) is 0 Å². The lowest BCUT2D eigenvalue weighted by Gasteiger charge is -2.14. The molecule has 0 aromatic carbocycles. The first kappa shape index (κ1) is 15.0. The molecule has 0 aliphatic carbocycles. The minimum atomic E-state index is -3.33. The maximum Gasteiger partial charge on any atom is 0.380 e. The van der Waals surface area contributed by atoms with Gasteiger partial charge in [0.15, 0.2) is 4.77 Å². The Kier molecular flexibility index (Phi) is 7.25. The van der Waals surface area contributed by atoms with E-state index in [4.69, 9.17) is 20.6 Å². The van der Waals surface area contributed by atoms with Crippen LogP contribution in [0.1, 0.15) is 34.1 Å². The summed E-state index contributed by atoms with van der Waals surface area (Å²) in [5.74, 6) is 0. The zero-order valence-corrected chi connectivity index (χ0v) is 11.3. The van der Waals surface area contributed by atoms with Crippen LogP contribution in [0.4, 0.5) is 0 Å². The number of halogens is 1. The summed E-state index contributed by atoms with van der Waals surface area (Å²) in [6.07, 6.45) is 0.800. The Bertz CT molecular complexity index is 296. The highest BCUT2D eigenvalue weighted by molar-refractivity contribution is 7.61. The third-order valence-electron chi connectivity index (χ3n) is 1.69. The average Bonchev–Trinajstić information content (AvgIpc) is 2.18. The lowest BCUT2D eigenvalue weighted by molar-refractivity contribution is 0.228. The van der Waals surface area contributed by atoms with Gasteiger partial charge >= 0.3 is 7.60 Å². The molecule has 0 unspecified atom stereocenters. The van der Waals surface area contributed by atoms with Crippen LogP contribution >= 0.6 is 19.2 Å². The molecule has 0 radical (unpaired) electrons. The highest BCUT2D eigenvalue weighted by Crippen LogP contribution is 2.57. The summed E-state index contributed by atoms with van der Waals surface area (Å²) in [7, 11) is -3.33. The lowest BCUT2D eigenvalue weighted by Crippen LogP contribution is -1.95. The molecule has 0 saturated carbocycles. The molecule has 0 aliphatic heterocycles. The Morgan fingerprint density at radius 2 is 1.73 bits per heavy atom. The number of allylic oxidation sites excluding steroid dienone is 1. The first-order valence-electron chi connectivity index (χ1n) is 5.01. The van der Waals surface area contributed by atoms with Crippen LogP contribution in [-0.2, 0) is 13.6 Å². The van der Waals surface area contributed by atoms with Crippen LogP contribution in [0.3, 0.4) is 0 Å². The summed E-state index contributed by atoms with van der Waals surface area (Å²) in [6.45, 7) is 7.91. The van der Waals surface area contributed by atoms with Gasteiger partial charge < -0.3 is 9.05 Å². The van der Waals surface area contributed by atoms with E-state index in [0.29, 0.717) is 13.2 Å². The maximum atomic E-state index is 12.1. The maximum absolute atomic E-state index is 12.1. The zero-order valence-electron chi connectivity index (χ0n) is 9.67. The van der Waals surface area contributed by atoms with Crippen molar-refractivity contribution in [2.45, 2.75) is 34.1 Å². The van der Waals surface area contributed by atoms with E-state index < -0.39 is 7.60 Å². The van der Waals surface area contributed by atoms with Crippen LogP contribution in [0, 0.1) is 0 Å². The minimum Gasteiger partial charge on any atom is -0.304 e. The SMILES string of the molecule is CCOP(=O)(OCC)C(Cl)=C=C(C)CC. The molecule has 0 rings (SSSR count). The number of rotatable bonds is 6. The standard InChI is InChI=1S/C10H18ClO3P/c1-5-9(4)8-10(11)15(12,13-6-2)14-7-3/h5-7H2,1-4H3. The lowest BCUT2D eigenvalue weighted by atomic mass is 10.3. The largest absolute Gasteiger partial charge is 0.380 e. The Morgan fingerprint density at radius 3 is 2.07 bits per heavy atom. The first-order valence-corrected chi connectivity index (χ1v) is 6.93. The van der Waals surface area contributed by atoms with Gasteiger partial charge in [0.25, 0.3) is 0 Å². The van der Waals surface area contributed by atoms with Crippen molar-refractivity contribution in [1.29, 1.82) is 0 Å². The van der Waals surface area contributed by atoms with E-state index in [-0.39, 0.29) is 4.77 Å². The van der Waals surface area contributed by atoms with Crippen molar-refractivity contribution in [3.8, 4) is 0 Å². The van der Waals surface area contributed by atoms with Gasteiger partial charge in [-0.3, -0.25) is 4.57 Å². The van der Waals surface area contributed by atoms with Gasteiger partial charge in [0, 0.05) is 0 Å². The quantitative estimate of drug-likeness (QED) is 0.523. The molecule has 0 amide bonds. The van der Waals surface area contributed by atoms with Crippen molar-refractivity contribution in [3.05, 3.63) is 16.1 Å². The fourth-order valence-corrected chi connectivity index (χ4v) is 2.59. The predicted octanol–water partition coefficient (Wildman–Crippen LogP) is 4.29. The second-order valence-electron chi connectivity index (χ2n) is 2.88. The van der Waals surface area contributed by atoms with Crippen LogP contribution < -0.4 is 0 Å². The minimum absolute atomic E-state index is 0.0329. The second-order valence-corrected chi connectivity index (χ2v) is 5.48.